The van der Waals surface area contributed by atoms with Gasteiger partial charge < -0.3 is 10.1 Å². The monoisotopic (exact) mass is 353 g/mol. The number of aryl methyl sites for hydroxylation is 2. The molecule has 0 fully saturated rings. The first kappa shape index (κ1) is 15.5. The molecule has 0 spiro atoms. The second-order valence-corrected chi connectivity index (χ2v) is 7.09. The predicted octanol–water partition coefficient (Wildman–Crippen LogP) is 4.64. The van der Waals surface area contributed by atoms with Crippen LogP contribution in [0.1, 0.15) is 26.9 Å². The van der Waals surface area contributed by atoms with Gasteiger partial charge in [-0.15, -0.1) is 11.3 Å². The Balaban J connectivity index is 2.28. The van der Waals surface area contributed by atoms with E-state index in [4.69, 9.17) is 4.74 Å². The van der Waals surface area contributed by atoms with Crippen molar-refractivity contribution in [2.75, 3.05) is 14.2 Å². The average molecular weight is 354 g/mol. The third kappa shape index (κ3) is 3.43. The molecule has 4 heteroatoms. The van der Waals surface area contributed by atoms with Crippen molar-refractivity contribution in [1.82, 2.24) is 5.32 Å². The highest BCUT2D eigenvalue weighted by Gasteiger charge is 2.16. The largest absolute Gasteiger partial charge is 0.496 e. The quantitative estimate of drug-likeness (QED) is 0.845. The molecule has 0 aliphatic heterocycles. The molecule has 1 N–H and O–H groups in total. The Bertz CT molecular complexity index is 575. The van der Waals surface area contributed by atoms with Gasteiger partial charge in [0.25, 0.3) is 0 Å². The van der Waals surface area contributed by atoms with Gasteiger partial charge in [0.1, 0.15) is 5.75 Å². The van der Waals surface area contributed by atoms with E-state index in [0.29, 0.717) is 6.04 Å². The number of nitrogens with one attached hydrogen (secondary N) is 1. The van der Waals surface area contributed by atoms with Gasteiger partial charge in [-0.05, 0) is 62.7 Å². The lowest BCUT2D eigenvalue weighted by atomic mass is 10.0. The Morgan fingerprint density at radius 2 is 2.05 bits per heavy atom. The first-order chi connectivity index (χ1) is 9.55. The minimum atomic E-state index is 0.315. The number of methoxy groups -OCH3 is 1. The third-order valence-electron chi connectivity index (χ3n) is 3.54. The molecule has 0 amide bonds. The zero-order chi connectivity index (χ0) is 14.7. The van der Waals surface area contributed by atoms with Crippen molar-refractivity contribution < 1.29 is 4.74 Å². The number of halogens is 1. The van der Waals surface area contributed by atoms with Crippen LogP contribution < -0.4 is 10.1 Å². The lowest BCUT2D eigenvalue weighted by molar-refractivity contribution is 0.406. The van der Waals surface area contributed by atoms with Crippen molar-refractivity contribution in [3.05, 3.63) is 49.6 Å². The lowest BCUT2D eigenvalue weighted by Gasteiger charge is -2.17. The van der Waals surface area contributed by atoms with Gasteiger partial charge in [0.05, 0.1) is 7.11 Å². The van der Waals surface area contributed by atoms with Crippen LogP contribution >= 0.6 is 27.3 Å². The molecule has 0 saturated heterocycles. The van der Waals surface area contributed by atoms with Crippen LogP contribution in [0.5, 0.6) is 5.75 Å². The summed E-state index contributed by atoms with van der Waals surface area (Å²) in [7, 11) is 3.74. The van der Waals surface area contributed by atoms with Gasteiger partial charge in [-0.1, -0.05) is 15.9 Å². The van der Waals surface area contributed by atoms with Crippen molar-refractivity contribution in [3.63, 3.8) is 0 Å². The van der Waals surface area contributed by atoms with Gasteiger partial charge in [0.2, 0.25) is 0 Å². The van der Waals surface area contributed by atoms with Crippen molar-refractivity contribution >= 4 is 27.3 Å². The van der Waals surface area contributed by atoms with Gasteiger partial charge in [-0.2, -0.15) is 0 Å². The van der Waals surface area contributed by atoms with Gasteiger partial charge in [-0.25, -0.2) is 0 Å². The molecule has 1 aromatic carbocycles. The number of benzene rings is 1. The maximum Gasteiger partial charge on any atom is 0.122 e. The summed E-state index contributed by atoms with van der Waals surface area (Å²) in [4.78, 5) is 2.77. The molecule has 0 saturated carbocycles. The highest BCUT2D eigenvalue weighted by molar-refractivity contribution is 9.10. The number of hydrogen-bond acceptors (Lipinski definition) is 3. The average Bonchev–Trinajstić information content (AvgIpc) is 2.76. The van der Waals surface area contributed by atoms with Crippen molar-refractivity contribution in [2.24, 2.45) is 0 Å². The molecule has 1 atom stereocenters. The number of hydrogen-bond donors (Lipinski definition) is 1. The fraction of sp³-hybridized carbons (Fsp3) is 0.375. The molecule has 2 rings (SSSR count). The van der Waals surface area contributed by atoms with E-state index in [0.717, 1.165) is 16.6 Å². The van der Waals surface area contributed by atoms with Crippen LogP contribution in [-0.4, -0.2) is 14.2 Å². The van der Waals surface area contributed by atoms with Gasteiger partial charge in [-0.3, -0.25) is 0 Å². The smallest absolute Gasteiger partial charge is 0.122 e. The fourth-order valence-corrected chi connectivity index (χ4v) is 3.81. The maximum absolute atomic E-state index is 5.47. The lowest BCUT2D eigenvalue weighted by Crippen LogP contribution is -2.18. The van der Waals surface area contributed by atoms with Crippen molar-refractivity contribution in [1.29, 1.82) is 0 Å². The van der Waals surface area contributed by atoms with Gasteiger partial charge >= 0.3 is 0 Å². The normalized spacial score (nSPS) is 12.4. The standard InChI is InChI=1S/C16H20BrNOS/c1-10-7-16(20-11(10)2)14(18-3)9-12-8-13(17)5-6-15(12)19-4/h5-8,14,18H,9H2,1-4H3. The van der Waals surface area contributed by atoms with E-state index in [1.165, 1.54) is 20.9 Å². The van der Waals surface area contributed by atoms with E-state index in [1.807, 2.05) is 30.5 Å². The van der Waals surface area contributed by atoms with E-state index in [-0.39, 0.29) is 0 Å². The zero-order valence-corrected chi connectivity index (χ0v) is 14.7. The molecule has 0 bridgehead atoms. The Hall–Kier alpha value is -0.840. The van der Waals surface area contributed by atoms with E-state index >= 15 is 0 Å². The topological polar surface area (TPSA) is 21.3 Å². The summed E-state index contributed by atoms with van der Waals surface area (Å²) < 4.78 is 6.55. The van der Waals surface area contributed by atoms with Crippen molar-refractivity contribution in [2.45, 2.75) is 26.3 Å². The second-order valence-electron chi connectivity index (χ2n) is 4.89. The number of ether oxygens (including phenoxy) is 1. The zero-order valence-electron chi connectivity index (χ0n) is 12.3. The molecule has 20 heavy (non-hydrogen) atoms. The highest BCUT2D eigenvalue weighted by atomic mass is 79.9. The van der Waals surface area contributed by atoms with E-state index in [2.05, 4.69) is 47.2 Å². The Labute approximate surface area is 133 Å². The van der Waals surface area contributed by atoms with Crippen LogP contribution in [0.15, 0.2) is 28.7 Å². The van der Waals surface area contributed by atoms with Crippen LogP contribution in [0.25, 0.3) is 0 Å². The molecule has 0 radical (unpaired) electrons. The van der Waals surface area contributed by atoms with Crippen LogP contribution in [-0.2, 0) is 6.42 Å². The van der Waals surface area contributed by atoms with Crippen molar-refractivity contribution in [3.8, 4) is 5.75 Å². The minimum Gasteiger partial charge on any atom is -0.496 e. The highest BCUT2D eigenvalue weighted by Crippen LogP contribution is 2.32. The maximum atomic E-state index is 5.47. The molecular weight excluding hydrogens is 334 g/mol. The molecular formula is C16H20BrNOS. The molecule has 1 unspecified atom stereocenters. The summed E-state index contributed by atoms with van der Waals surface area (Å²) in [6.45, 7) is 4.34. The van der Waals surface area contributed by atoms with E-state index in [9.17, 15) is 0 Å². The third-order valence-corrected chi connectivity index (χ3v) is 5.30. The van der Waals surface area contributed by atoms with Gasteiger partial charge in [0.15, 0.2) is 0 Å². The number of likely N-dealkylation sites (N-methyl/N-ethyl adjacent to an activating group) is 1. The molecule has 2 aromatic rings. The van der Waals surface area contributed by atoms with E-state index in [1.54, 1.807) is 7.11 Å². The summed E-state index contributed by atoms with van der Waals surface area (Å²) in [6.07, 6.45) is 0.915. The molecule has 1 aromatic heterocycles. The molecule has 108 valence electrons. The Morgan fingerprint density at radius 1 is 1.30 bits per heavy atom. The van der Waals surface area contributed by atoms with Crippen LogP contribution in [0.4, 0.5) is 0 Å². The summed E-state index contributed by atoms with van der Waals surface area (Å²) in [6, 6.07) is 8.76. The van der Waals surface area contributed by atoms with Crippen LogP contribution in [0.3, 0.4) is 0 Å². The second kappa shape index (κ2) is 6.74. The first-order valence-corrected chi connectivity index (χ1v) is 8.22. The van der Waals surface area contributed by atoms with Gasteiger partial charge in [0, 0.05) is 20.3 Å². The van der Waals surface area contributed by atoms with E-state index < -0.39 is 0 Å². The molecule has 1 heterocycles. The Morgan fingerprint density at radius 3 is 2.60 bits per heavy atom. The molecule has 2 nitrogen and oxygen atoms in total. The minimum absolute atomic E-state index is 0.315. The molecule has 0 aliphatic carbocycles. The summed E-state index contributed by atoms with van der Waals surface area (Å²) in [5, 5.41) is 3.42. The molecule has 0 aliphatic rings. The predicted molar refractivity (Wildman–Crippen MR) is 90.0 cm³/mol. The fourth-order valence-electron chi connectivity index (χ4n) is 2.24. The first-order valence-electron chi connectivity index (χ1n) is 6.61. The van der Waals surface area contributed by atoms with Crippen LogP contribution in [0.2, 0.25) is 0 Å². The number of rotatable bonds is 5. The SMILES string of the molecule is CNC(Cc1cc(Br)ccc1OC)c1cc(C)c(C)s1. The van der Waals surface area contributed by atoms with Crippen LogP contribution in [0, 0.1) is 13.8 Å². The summed E-state index contributed by atoms with van der Waals surface area (Å²) in [5.74, 6) is 0.943. The Kier molecular flexibility index (Phi) is 5.24. The number of thiophene rings is 1. The summed E-state index contributed by atoms with van der Waals surface area (Å²) in [5.41, 5.74) is 2.58. The summed E-state index contributed by atoms with van der Waals surface area (Å²) >= 11 is 5.40.